The number of hydrogen-bond acceptors (Lipinski definition) is 3. The van der Waals surface area contributed by atoms with Crippen LogP contribution in [0.5, 0.6) is 5.75 Å². The fourth-order valence-corrected chi connectivity index (χ4v) is 2.50. The van der Waals surface area contributed by atoms with Gasteiger partial charge in [0.05, 0.1) is 12.7 Å². The zero-order chi connectivity index (χ0) is 16.8. The van der Waals surface area contributed by atoms with Gasteiger partial charge in [-0.15, -0.1) is 0 Å². The van der Waals surface area contributed by atoms with Crippen LogP contribution in [0.4, 0.5) is 0 Å². The molecule has 3 nitrogen and oxygen atoms in total. The Balaban J connectivity index is 1.91. The first-order chi connectivity index (χ1) is 11.8. The molecule has 0 saturated heterocycles. The highest BCUT2D eigenvalue weighted by Gasteiger charge is 2.14. The van der Waals surface area contributed by atoms with Gasteiger partial charge in [-0.05, 0) is 34.9 Å². The summed E-state index contributed by atoms with van der Waals surface area (Å²) in [7, 11) is 1.39. The number of ether oxygens (including phenoxy) is 2. The standard InChI is InChI=1S/C21H18O3/c1-23-21(22)19-13-12-18(24-15-16-8-4-2-5-9-16)14-20(19)17-10-6-3-7-11-17/h2-14H,15H2,1H3. The summed E-state index contributed by atoms with van der Waals surface area (Å²) < 4.78 is 10.8. The van der Waals surface area contributed by atoms with Crippen LogP contribution in [-0.4, -0.2) is 13.1 Å². The molecule has 3 aromatic carbocycles. The molecule has 0 aromatic heterocycles. The molecule has 3 rings (SSSR count). The number of methoxy groups -OCH3 is 1. The first-order valence-corrected chi connectivity index (χ1v) is 7.72. The second-order valence-corrected chi connectivity index (χ2v) is 5.34. The largest absolute Gasteiger partial charge is 0.489 e. The molecule has 120 valence electrons. The topological polar surface area (TPSA) is 35.5 Å². The molecule has 0 spiro atoms. The van der Waals surface area contributed by atoms with Crippen molar-refractivity contribution in [3.8, 4) is 16.9 Å². The molecular formula is C21H18O3. The van der Waals surface area contributed by atoms with Gasteiger partial charge in [0.2, 0.25) is 0 Å². The predicted octanol–water partition coefficient (Wildman–Crippen LogP) is 4.72. The SMILES string of the molecule is COC(=O)c1ccc(OCc2ccccc2)cc1-c1ccccc1. The van der Waals surface area contributed by atoms with E-state index in [9.17, 15) is 4.79 Å². The first-order valence-electron chi connectivity index (χ1n) is 7.72. The number of esters is 1. The lowest BCUT2D eigenvalue weighted by Crippen LogP contribution is -2.04. The van der Waals surface area contributed by atoms with E-state index in [0.29, 0.717) is 17.9 Å². The zero-order valence-corrected chi connectivity index (χ0v) is 13.4. The molecule has 3 heteroatoms. The van der Waals surface area contributed by atoms with E-state index in [4.69, 9.17) is 9.47 Å². The summed E-state index contributed by atoms with van der Waals surface area (Å²) in [5, 5.41) is 0. The Labute approximate surface area is 141 Å². The summed E-state index contributed by atoms with van der Waals surface area (Å²) in [5.74, 6) is 0.355. The van der Waals surface area contributed by atoms with Crippen molar-refractivity contribution >= 4 is 5.97 Å². The molecule has 0 heterocycles. The molecule has 0 N–H and O–H groups in total. The van der Waals surface area contributed by atoms with Gasteiger partial charge < -0.3 is 9.47 Å². The fourth-order valence-electron chi connectivity index (χ4n) is 2.50. The van der Waals surface area contributed by atoms with Gasteiger partial charge in [-0.2, -0.15) is 0 Å². The zero-order valence-electron chi connectivity index (χ0n) is 13.4. The van der Waals surface area contributed by atoms with Crippen molar-refractivity contribution in [2.75, 3.05) is 7.11 Å². The van der Waals surface area contributed by atoms with Gasteiger partial charge in [-0.3, -0.25) is 0 Å². The van der Waals surface area contributed by atoms with E-state index in [-0.39, 0.29) is 5.97 Å². The molecule has 0 atom stereocenters. The van der Waals surface area contributed by atoms with Crippen molar-refractivity contribution < 1.29 is 14.3 Å². The third-order valence-corrected chi connectivity index (χ3v) is 3.73. The van der Waals surface area contributed by atoms with E-state index in [1.807, 2.05) is 66.7 Å². The Morgan fingerprint density at radius 1 is 0.875 bits per heavy atom. The minimum absolute atomic E-state index is 0.358. The maximum Gasteiger partial charge on any atom is 0.338 e. The van der Waals surface area contributed by atoms with Gasteiger partial charge in [-0.1, -0.05) is 60.7 Å². The average molecular weight is 318 g/mol. The monoisotopic (exact) mass is 318 g/mol. The maximum atomic E-state index is 12.0. The summed E-state index contributed by atoms with van der Waals surface area (Å²) in [6, 6.07) is 25.1. The number of benzene rings is 3. The van der Waals surface area contributed by atoms with E-state index in [1.165, 1.54) is 7.11 Å². The van der Waals surface area contributed by atoms with Crippen LogP contribution in [-0.2, 0) is 11.3 Å². The lowest BCUT2D eigenvalue weighted by Gasteiger charge is -2.12. The molecule has 0 aliphatic heterocycles. The number of carbonyl (C=O) groups excluding carboxylic acids is 1. The molecule has 0 unspecified atom stereocenters. The van der Waals surface area contributed by atoms with E-state index < -0.39 is 0 Å². The summed E-state index contributed by atoms with van der Waals surface area (Å²) >= 11 is 0. The van der Waals surface area contributed by atoms with Crippen LogP contribution < -0.4 is 4.74 Å². The summed E-state index contributed by atoms with van der Waals surface area (Å²) in [5.41, 5.74) is 3.36. The van der Waals surface area contributed by atoms with E-state index >= 15 is 0 Å². The second-order valence-electron chi connectivity index (χ2n) is 5.34. The minimum atomic E-state index is -0.358. The molecule has 0 bridgehead atoms. The van der Waals surface area contributed by atoms with E-state index in [2.05, 4.69) is 0 Å². The van der Waals surface area contributed by atoms with Crippen molar-refractivity contribution in [3.63, 3.8) is 0 Å². The summed E-state index contributed by atoms with van der Waals surface area (Å²) in [6.45, 7) is 0.479. The molecular weight excluding hydrogens is 300 g/mol. The molecule has 0 aliphatic carbocycles. The number of rotatable bonds is 5. The third kappa shape index (κ3) is 3.63. The van der Waals surface area contributed by atoms with E-state index in [1.54, 1.807) is 12.1 Å². The summed E-state index contributed by atoms with van der Waals surface area (Å²) in [4.78, 5) is 12.0. The lowest BCUT2D eigenvalue weighted by molar-refractivity contribution is 0.0601. The Hall–Kier alpha value is -3.07. The molecule has 0 amide bonds. The van der Waals surface area contributed by atoms with Crippen LogP contribution in [0.3, 0.4) is 0 Å². The van der Waals surface area contributed by atoms with Crippen LogP contribution in [0.1, 0.15) is 15.9 Å². The second kappa shape index (κ2) is 7.47. The smallest absolute Gasteiger partial charge is 0.338 e. The molecule has 0 saturated carbocycles. The average Bonchev–Trinajstić information content (AvgIpc) is 2.67. The van der Waals surface area contributed by atoms with Gasteiger partial charge in [-0.25, -0.2) is 4.79 Å². The first kappa shape index (κ1) is 15.8. The quantitative estimate of drug-likeness (QED) is 0.639. The highest BCUT2D eigenvalue weighted by atomic mass is 16.5. The third-order valence-electron chi connectivity index (χ3n) is 3.73. The van der Waals surface area contributed by atoms with Crippen molar-refractivity contribution in [2.45, 2.75) is 6.61 Å². The van der Waals surface area contributed by atoms with Crippen LogP contribution in [0, 0.1) is 0 Å². The number of carbonyl (C=O) groups is 1. The van der Waals surface area contributed by atoms with Crippen molar-refractivity contribution in [2.24, 2.45) is 0 Å². The van der Waals surface area contributed by atoms with Crippen LogP contribution in [0.15, 0.2) is 78.9 Å². The van der Waals surface area contributed by atoms with Crippen molar-refractivity contribution in [3.05, 3.63) is 90.0 Å². The van der Waals surface area contributed by atoms with Crippen molar-refractivity contribution in [1.29, 1.82) is 0 Å². The highest BCUT2D eigenvalue weighted by molar-refractivity contribution is 5.97. The van der Waals surface area contributed by atoms with Crippen LogP contribution in [0.2, 0.25) is 0 Å². The maximum absolute atomic E-state index is 12.0. The molecule has 24 heavy (non-hydrogen) atoms. The number of hydrogen-bond donors (Lipinski definition) is 0. The Kier molecular flexibility index (Phi) is 4.92. The van der Waals surface area contributed by atoms with Gasteiger partial charge >= 0.3 is 5.97 Å². The Morgan fingerprint density at radius 2 is 1.54 bits per heavy atom. The molecule has 0 aliphatic rings. The molecule has 3 aromatic rings. The van der Waals surface area contributed by atoms with Gasteiger partial charge in [0, 0.05) is 0 Å². The van der Waals surface area contributed by atoms with E-state index in [0.717, 1.165) is 16.7 Å². The lowest BCUT2D eigenvalue weighted by atomic mass is 9.99. The highest BCUT2D eigenvalue weighted by Crippen LogP contribution is 2.29. The normalized spacial score (nSPS) is 10.2. The van der Waals surface area contributed by atoms with Crippen molar-refractivity contribution in [1.82, 2.24) is 0 Å². The van der Waals surface area contributed by atoms with Crippen LogP contribution >= 0.6 is 0 Å². The van der Waals surface area contributed by atoms with Gasteiger partial charge in [0.1, 0.15) is 12.4 Å². The molecule has 0 fully saturated rings. The Morgan fingerprint density at radius 3 is 2.21 bits per heavy atom. The Bertz CT molecular complexity index is 811. The van der Waals surface area contributed by atoms with Gasteiger partial charge in [0.15, 0.2) is 0 Å². The fraction of sp³-hybridized carbons (Fsp3) is 0.0952. The molecule has 0 radical (unpaired) electrons. The predicted molar refractivity (Wildman–Crippen MR) is 94.0 cm³/mol. The minimum Gasteiger partial charge on any atom is -0.489 e. The van der Waals surface area contributed by atoms with Gasteiger partial charge in [0.25, 0.3) is 0 Å². The van der Waals surface area contributed by atoms with Crippen LogP contribution in [0.25, 0.3) is 11.1 Å². The summed E-state index contributed by atoms with van der Waals surface area (Å²) in [6.07, 6.45) is 0.